The van der Waals surface area contributed by atoms with Crippen molar-refractivity contribution < 1.29 is 9.18 Å². The highest BCUT2D eigenvalue weighted by atomic mass is 19.1. The standard InChI is InChI=1S/C27H30FN7O/c1-5-10-22(28)21-13-19(6-2)32-25(35(24(21)36)20-11-8-7-9-12-20)27(4)17(3)16-34(27)23-18(14-29)15-31-26(30)33-23/h5,7-12,15,17,19H,6,13,16H2,1-4H3,(H2,30,31,33). The summed E-state index contributed by atoms with van der Waals surface area (Å²) >= 11 is 0. The molecule has 2 aromatic rings. The molecule has 36 heavy (non-hydrogen) atoms. The van der Waals surface area contributed by atoms with E-state index in [0.29, 0.717) is 30.3 Å². The second-order valence-electron chi connectivity index (χ2n) is 9.26. The van der Waals surface area contributed by atoms with Crippen LogP contribution in [0.4, 0.5) is 21.8 Å². The number of nitrogens with zero attached hydrogens (tertiary/aromatic N) is 6. The molecule has 1 aromatic heterocycles. The van der Waals surface area contributed by atoms with E-state index in [2.05, 4.69) is 23.0 Å². The van der Waals surface area contributed by atoms with E-state index in [9.17, 15) is 10.1 Å². The number of carbonyl (C=O) groups excluding carboxylic acids is 1. The number of nitriles is 1. The minimum Gasteiger partial charge on any atom is -0.368 e. The molecular formula is C27H30FN7O. The largest absolute Gasteiger partial charge is 0.368 e. The van der Waals surface area contributed by atoms with Gasteiger partial charge in [-0.1, -0.05) is 38.1 Å². The Morgan fingerprint density at radius 3 is 2.69 bits per heavy atom. The van der Waals surface area contributed by atoms with Gasteiger partial charge >= 0.3 is 0 Å². The molecule has 0 radical (unpaired) electrons. The van der Waals surface area contributed by atoms with Crippen LogP contribution >= 0.6 is 0 Å². The maximum Gasteiger partial charge on any atom is 0.262 e. The third-order valence-corrected chi connectivity index (χ3v) is 7.10. The Kier molecular flexibility index (Phi) is 6.88. The summed E-state index contributed by atoms with van der Waals surface area (Å²) in [6, 6.07) is 11.0. The van der Waals surface area contributed by atoms with E-state index in [4.69, 9.17) is 10.7 Å². The van der Waals surface area contributed by atoms with Crippen LogP contribution in [-0.2, 0) is 4.79 Å². The van der Waals surface area contributed by atoms with E-state index >= 15 is 4.39 Å². The number of hydrogen-bond donors (Lipinski definition) is 1. The number of carbonyl (C=O) groups is 1. The number of hydrogen-bond acceptors (Lipinski definition) is 7. The fraction of sp³-hybridized carbons (Fsp3) is 0.370. The molecule has 0 bridgehead atoms. The summed E-state index contributed by atoms with van der Waals surface area (Å²) in [7, 11) is 0. The lowest BCUT2D eigenvalue weighted by Crippen LogP contribution is -2.73. The predicted octanol–water partition coefficient (Wildman–Crippen LogP) is 4.56. The predicted molar refractivity (Wildman–Crippen MR) is 139 cm³/mol. The van der Waals surface area contributed by atoms with Gasteiger partial charge in [-0.3, -0.25) is 14.7 Å². The zero-order chi connectivity index (χ0) is 26.0. The van der Waals surface area contributed by atoms with Gasteiger partial charge < -0.3 is 10.6 Å². The summed E-state index contributed by atoms with van der Waals surface area (Å²) < 4.78 is 15.2. The minimum absolute atomic E-state index is 0.0430. The number of amidine groups is 1. The molecule has 186 valence electrons. The average Bonchev–Trinajstić information content (AvgIpc) is 3.03. The third kappa shape index (κ3) is 4.13. The smallest absolute Gasteiger partial charge is 0.262 e. The average molecular weight is 488 g/mol. The van der Waals surface area contributed by atoms with Crippen LogP contribution in [-0.4, -0.2) is 39.8 Å². The Hall–Kier alpha value is -4.06. The van der Waals surface area contributed by atoms with E-state index in [-0.39, 0.29) is 35.5 Å². The Balaban J connectivity index is 1.95. The molecule has 1 aromatic carbocycles. The summed E-state index contributed by atoms with van der Waals surface area (Å²) in [6.45, 7) is 8.30. The molecule has 0 aliphatic carbocycles. The molecule has 8 nitrogen and oxygen atoms in total. The van der Waals surface area contributed by atoms with Gasteiger partial charge in [-0.2, -0.15) is 10.2 Å². The summed E-state index contributed by atoms with van der Waals surface area (Å²) in [6.07, 6.45) is 5.11. The first-order valence-corrected chi connectivity index (χ1v) is 12.1. The van der Waals surface area contributed by atoms with Crippen LogP contribution in [0.15, 0.2) is 65.1 Å². The Morgan fingerprint density at radius 2 is 2.08 bits per heavy atom. The molecule has 4 rings (SSSR count). The molecule has 3 atom stereocenters. The van der Waals surface area contributed by atoms with E-state index in [1.54, 1.807) is 13.0 Å². The molecular weight excluding hydrogens is 457 g/mol. The van der Waals surface area contributed by atoms with Crippen molar-refractivity contribution in [2.24, 2.45) is 10.9 Å². The van der Waals surface area contributed by atoms with E-state index in [1.807, 2.05) is 49.1 Å². The lowest BCUT2D eigenvalue weighted by Gasteiger charge is -2.58. The summed E-state index contributed by atoms with van der Waals surface area (Å²) in [5, 5.41) is 9.72. The zero-order valence-electron chi connectivity index (χ0n) is 20.9. The zero-order valence-corrected chi connectivity index (χ0v) is 20.9. The van der Waals surface area contributed by atoms with Crippen LogP contribution in [0.2, 0.25) is 0 Å². The van der Waals surface area contributed by atoms with Gasteiger partial charge in [0.2, 0.25) is 5.95 Å². The third-order valence-electron chi connectivity index (χ3n) is 7.10. The van der Waals surface area contributed by atoms with Crippen molar-refractivity contribution in [3.63, 3.8) is 0 Å². The highest BCUT2D eigenvalue weighted by molar-refractivity contribution is 6.26. The number of halogens is 1. The fourth-order valence-electron chi connectivity index (χ4n) is 4.80. The second kappa shape index (κ2) is 9.90. The van der Waals surface area contributed by atoms with Gasteiger partial charge in [0.1, 0.15) is 28.8 Å². The van der Waals surface area contributed by atoms with E-state index < -0.39 is 17.3 Å². The lowest BCUT2D eigenvalue weighted by molar-refractivity contribution is -0.114. The molecule has 2 aliphatic rings. The van der Waals surface area contributed by atoms with Crippen LogP contribution in [0.5, 0.6) is 0 Å². The second-order valence-corrected chi connectivity index (χ2v) is 9.26. The maximum absolute atomic E-state index is 15.2. The maximum atomic E-state index is 15.2. The van der Waals surface area contributed by atoms with Crippen molar-refractivity contribution in [2.75, 3.05) is 22.1 Å². The van der Waals surface area contributed by atoms with Crippen molar-refractivity contribution >= 4 is 29.2 Å². The van der Waals surface area contributed by atoms with Gasteiger partial charge in [-0.15, -0.1) is 0 Å². The molecule has 9 heteroatoms. The molecule has 2 N–H and O–H groups in total. The summed E-state index contributed by atoms with van der Waals surface area (Å²) in [4.78, 5) is 30.9. The number of aliphatic imine (C=N–C) groups is 1. The van der Waals surface area contributed by atoms with Crippen molar-refractivity contribution in [1.29, 1.82) is 5.26 Å². The normalized spacial score (nSPS) is 25.8. The molecule has 0 saturated carbocycles. The van der Waals surface area contributed by atoms with Crippen molar-refractivity contribution in [3.8, 4) is 6.07 Å². The first kappa shape index (κ1) is 25.0. The number of aromatic nitrogens is 2. The molecule has 1 saturated heterocycles. The number of para-hydroxylation sites is 1. The first-order chi connectivity index (χ1) is 17.3. The van der Waals surface area contributed by atoms with Crippen LogP contribution in [0.3, 0.4) is 0 Å². The Labute approximate surface area is 210 Å². The highest BCUT2D eigenvalue weighted by Crippen LogP contribution is 2.44. The van der Waals surface area contributed by atoms with Crippen LogP contribution in [0.25, 0.3) is 0 Å². The number of nitrogen functional groups attached to an aromatic ring is 1. The number of benzene rings is 1. The van der Waals surface area contributed by atoms with Gasteiger partial charge in [0.05, 0.1) is 23.5 Å². The highest BCUT2D eigenvalue weighted by Gasteiger charge is 2.56. The van der Waals surface area contributed by atoms with Gasteiger partial charge in [-0.25, -0.2) is 9.37 Å². The van der Waals surface area contributed by atoms with Crippen LogP contribution in [0.1, 0.15) is 46.1 Å². The number of rotatable bonds is 5. The Morgan fingerprint density at radius 1 is 1.36 bits per heavy atom. The van der Waals surface area contributed by atoms with Crippen molar-refractivity contribution in [2.45, 2.75) is 52.1 Å². The monoisotopic (exact) mass is 487 g/mol. The molecule has 1 fully saturated rings. The number of anilines is 3. The fourth-order valence-corrected chi connectivity index (χ4v) is 4.80. The van der Waals surface area contributed by atoms with Crippen LogP contribution < -0.4 is 15.5 Å². The van der Waals surface area contributed by atoms with Crippen molar-refractivity contribution in [1.82, 2.24) is 9.97 Å². The number of allylic oxidation sites excluding steroid dienone is 3. The Bertz CT molecular complexity index is 1300. The van der Waals surface area contributed by atoms with Gasteiger partial charge in [0.15, 0.2) is 5.82 Å². The SMILES string of the molecule is CC=CC(F)=C1CC(CC)N=C(C2(C)C(C)CN2c2nc(N)ncc2C#N)N(c2ccccc2)C1=O. The molecule has 2 aliphatic heterocycles. The lowest BCUT2D eigenvalue weighted by atomic mass is 9.74. The minimum atomic E-state index is -0.822. The van der Waals surface area contributed by atoms with E-state index in [1.165, 1.54) is 17.2 Å². The molecule has 0 spiro atoms. The quantitative estimate of drug-likeness (QED) is 0.619. The summed E-state index contributed by atoms with van der Waals surface area (Å²) in [5.74, 6) is -0.0291. The van der Waals surface area contributed by atoms with Gasteiger partial charge in [0, 0.05) is 18.9 Å². The van der Waals surface area contributed by atoms with E-state index in [0.717, 1.165) is 0 Å². The first-order valence-electron chi connectivity index (χ1n) is 12.1. The summed E-state index contributed by atoms with van der Waals surface area (Å²) in [5.41, 5.74) is 6.02. The number of nitrogens with two attached hydrogens (primary N) is 1. The number of amides is 1. The molecule has 3 unspecified atom stereocenters. The topological polar surface area (TPSA) is 112 Å². The molecule has 1 amide bonds. The van der Waals surface area contributed by atoms with Gasteiger partial charge in [-0.05, 0) is 38.5 Å². The molecule has 3 heterocycles. The van der Waals surface area contributed by atoms with Crippen LogP contribution in [0, 0.1) is 17.2 Å². The van der Waals surface area contributed by atoms with Crippen molar-refractivity contribution in [3.05, 3.63) is 65.6 Å². The van der Waals surface area contributed by atoms with Gasteiger partial charge in [0.25, 0.3) is 5.91 Å².